The zero-order chi connectivity index (χ0) is 19.1. The molecule has 0 aliphatic carbocycles. The van der Waals surface area contributed by atoms with E-state index in [1.54, 1.807) is 12.3 Å². The summed E-state index contributed by atoms with van der Waals surface area (Å²) >= 11 is 3.29. The van der Waals surface area contributed by atoms with Crippen molar-refractivity contribution in [3.05, 3.63) is 51.8 Å². The van der Waals surface area contributed by atoms with Gasteiger partial charge in [-0.2, -0.15) is 0 Å². The van der Waals surface area contributed by atoms with Crippen molar-refractivity contribution in [3.63, 3.8) is 0 Å². The summed E-state index contributed by atoms with van der Waals surface area (Å²) in [6, 6.07) is 2.98. The number of anilines is 1. The minimum absolute atomic E-state index is 0.00321. The Bertz CT molecular complexity index is 956. The highest BCUT2D eigenvalue weighted by atomic mass is 79.9. The largest absolute Gasteiger partial charge is 0.489 e. The molecular weight excluding hydrogens is 426 g/mol. The Kier molecular flexibility index (Phi) is 4.42. The number of carbonyl (C=O) groups excluding carboxylic acids is 2. The molecule has 2 aliphatic rings. The van der Waals surface area contributed by atoms with Crippen LogP contribution in [0.25, 0.3) is 0 Å². The van der Waals surface area contributed by atoms with Gasteiger partial charge in [0.2, 0.25) is 5.91 Å². The fraction of sp³-hybridized carbons (Fsp3) is 0.235. The van der Waals surface area contributed by atoms with Gasteiger partial charge in [0.15, 0.2) is 11.6 Å². The quantitative estimate of drug-likeness (QED) is 0.771. The number of nitrogens with zero attached hydrogens (tertiary/aromatic N) is 2. The lowest BCUT2D eigenvalue weighted by molar-refractivity contribution is -0.122. The van der Waals surface area contributed by atoms with Crippen LogP contribution in [0.5, 0.6) is 5.75 Å². The lowest BCUT2D eigenvalue weighted by Gasteiger charge is -2.29. The SMILES string of the molecule is O=C(CN1Cc2c(ccc(F)c2F)NC1=O)NC1COc2cc(Br)cnc21. The summed E-state index contributed by atoms with van der Waals surface area (Å²) in [7, 11) is 0. The molecule has 0 saturated heterocycles. The molecule has 1 aromatic heterocycles. The molecule has 1 aromatic carbocycles. The molecule has 0 bridgehead atoms. The van der Waals surface area contributed by atoms with Crippen LogP contribution >= 0.6 is 15.9 Å². The highest BCUT2D eigenvalue weighted by Crippen LogP contribution is 2.32. The second kappa shape index (κ2) is 6.76. The molecule has 7 nitrogen and oxygen atoms in total. The lowest BCUT2D eigenvalue weighted by atomic mass is 10.1. The number of nitrogens with one attached hydrogen (secondary N) is 2. The number of benzene rings is 1. The third-order valence-corrected chi connectivity index (χ3v) is 4.76. The first-order valence-electron chi connectivity index (χ1n) is 8.03. The molecule has 1 unspecified atom stereocenters. The van der Waals surface area contributed by atoms with Gasteiger partial charge in [-0.15, -0.1) is 0 Å². The third-order valence-electron chi connectivity index (χ3n) is 4.33. The van der Waals surface area contributed by atoms with E-state index >= 15 is 0 Å². The number of urea groups is 1. The van der Waals surface area contributed by atoms with Crippen LogP contribution in [-0.4, -0.2) is 35.0 Å². The van der Waals surface area contributed by atoms with Gasteiger partial charge in [0.25, 0.3) is 0 Å². The molecule has 27 heavy (non-hydrogen) atoms. The average molecular weight is 439 g/mol. The molecule has 3 heterocycles. The number of hydrogen-bond acceptors (Lipinski definition) is 4. The molecule has 140 valence electrons. The number of pyridine rings is 1. The van der Waals surface area contributed by atoms with Crippen LogP contribution in [-0.2, 0) is 11.3 Å². The fourth-order valence-electron chi connectivity index (χ4n) is 3.03. The molecule has 2 aromatic rings. The molecule has 1 atom stereocenters. The number of rotatable bonds is 3. The van der Waals surface area contributed by atoms with E-state index in [9.17, 15) is 18.4 Å². The summed E-state index contributed by atoms with van der Waals surface area (Å²) in [5, 5.41) is 5.20. The lowest BCUT2D eigenvalue weighted by Crippen LogP contribution is -2.45. The first kappa shape index (κ1) is 17.7. The number of fused-ring (bicyclic) bond motifs is 2. The van der Waals surface area contributed by atoms with Crippen molar-refractivity contribution >= 4 is 33.6 Å². The Morgan fingerprint density at radius 1 is 1.44 bits per heavy atom. The van der Waals surface area contributed by atoms with Gasteiger partial charge in [-0.1, -0.05) is 0 Å². The van der Waals surface area contributed by atoms with Crippen molar-refractivity contribution in [1.29, 1.82) is 0 Å². The van der Waals surface area contributed by atoms with Crippen LogP contribution < -0.4 is 15.4 Å². The highest BCUT2D eigenvalue weighted by Gasteiger charge is 2.31. The van der Waals surface area contributed by atoms with Gasteiger partial charge in [0.05, 0.1) is 12.2 Å². The van der Waals surface area contributed by atoms with Gasteiger partial charge in [0, 0.05) is 16.2 Å². The van der Waals surface area contributed by atoms with E-state index in [-0.39, 0.29) is 30.9 Å². The van der Waals surface area contributed by atoms with Crippen LogP contribution in [0, 0.1) is 11.6 Å². The van der Waals surface area contributed by atoms with Gasteiger partial charge in [-0.3, -0.25) is 9.78 Å². The molecular formula is C17H13BrF2N4O3. The topological polar surface area (TPSA) is 83.6 Å². The van der Waals surface area contributed by atoms with E-state index in [0.717, 1.165) is 15.4 Å². The molecule has 0 radical (unpaired) electrons. The van der Waals surface area contributed by atoms with Crippen molar-refractivity contribution in [2.24, 2.45) is 0 Å². The van der Waals surface area contributed by atoms with Crippen LogP contribution in [0.2, 0.25) is 0 Å². The number of ether oxygens (including phenoxy) is 1. The maximum atomic E-state index is 14.0. The molecule has 4 rings (SSSR count). The van der Waals surface area contributed by atoms with Crippen molar-refractivity contribution < 1.29 is 23.1 Å². The monoisotopic (exact) mass is 438 g/mol. The number of amides is 3. The van der Waals surface area contributed by atoms with Crippen molar-refractivity contribution in [1.82, 2.24) is 15.2 Å². The number of aromatic nitrogens is 1. The third kappa shape index (κ3) is 3.32. The zero-order valence-corrected chi connectivity index (χ0v) is 15.3. The Morgan fingerprint density at radius 3 is 3.07 bits per heavy atom. The maximum absolute atomic E-state index is 14.0. The molecule has 2 aliphatic heterocycles. The summed E-state index contributed by atoms with van der Waals surface area (Å²) in [5.41, 5.74) is 0.792. The van der Waals surface area contributed by atoms with E-state index in [4.69, 9.17) is 4.74 Å². The minimum atomic E-state index is -1.04. The van der Waals surface area contributed by atoms with Crippen LogP contribution in [0.15, 0.2) is 28.9 Å². The van der Waals surface area contributed by atoms with Gasteiger partial charge >= 0.3 is 6.03 Å². The standard InChI is InChI=1S/C17H13BrF2N4O3/c18-8-3-13-16(21-4-8)12(7-27-13)22-14(25)6-24-5-9-11(23-17(24)26)2-1-10(19)15(9)20/h1-4,12H,5-7H2,(H,22,25)(H,23,26). The van der Waals surface area contributed by atoms with E-state index in [1.165, 1.54) is 6.07 Å². The highest BCUT2D eigenvalue weighted by molar-refractivity contribution is 9.10. The summed E-state index contributed by atoms with van der Waals surface area (Å²) < 4.78 is 33.6. The fourth-order valence-corrected chi connectivity index (χ4v) is 3.34. The number of carbonyl (C=O) groups is 2. The smallest absolute Gasteiger partial charge is 0.322 e. The van der Waals surface area contributed by atoms with Crippen LogP contribution in [0.1, 0.15) is 17.3 Å². The molecule has 2 N–H and O–H groups in total. The Balaban J connectivity index is 1.45. The summed E-state index contributed by atoms with van der Waals surface area (Å²) in [6.07, 6.45) is 1.60. The summed E-state index contributed by atoms with van der Waals surface area (Å²) in [5.74, 6) is -1.94. The zero-order valence-electron chi connectivity index (χ0n) is 13.8. The maximum Gasteiger partial charge on any atom is 0.322 e. The van der Waals surface area contributed by atoms with Gasteiger partial charge in [-0.05, 0) is 34.1 Å². The predicted octanol–water partition coefficient (Wildman–Crippen LogP) is 2.72. The van der Waals surface area contributed by atoms with E-state index in [0.29, 0.717) is 11.4 Å². The average Bonchev–Trinajstić information content (AvgIpc) is 3.01. The van der Waals surface area contributed by atoms with Crippen LogP contribution in [0.4, 0.5) is 19.3 Å². The Hall–Kier alpha value is -2.75. The number of halogens is 3. The van der Waals surface area contributed by atoms with Gasteiger partial charge in [0.1, 0.15) is 30.6 Å². The Morgan fingerprint density at radius 2 is 2.26 bits per heavy atom. The Labute approximate surface area is 160 Å². The molecule has 0 fully saturated rings. The van der Waals surface area contributed by atoms with Crippen molar-refractivity contribution in [3.8, 4) is 5.75 Å². The normalized spacial score (nSPS) is 17.7. The molecule has 10 heteroatoms. The molecule has 0 saturated carbocycles. The summed E-state index contributed by atoms with van der Waals surface area (Å²) in [6.45, 7) is -0.301. The second-order valence-electron chi connectivity index (χ2n) is 6.14. The predicted molar refractivity (Wildman–Crippen MR) is 94.1 cm³/mol. The molecule has 3 amide bonds. The van der Waals surface area contributed by atoms with Gasteiger partial charge < -0.3 is 20.3 Å². The molecule has 0 spiro atoms. The second-order valence-corrected chi connectivity index (χ2v) is 7.06. The number of hydrogen-bond donors (Lipinski definition) is 2. The van der Waals surface area contributed by atoms with Crippen LogP contribution in [0.3, 0.4) is 0 Å². The van der Waals surface area contributed by atoms with E-state index in [1.807, 2.05) is 0 Å². The summed E-state index contributed by atoms with van der Waals surface area (Å²) in [4.78, 5) is 29.8. The first-order chi connectivity index (χ1) is 12.9. The van der Waals surface area contributed by atoms with E-state index < -0.39 is 29.6 Å². The minimum Gasteiger partial charge on any atom is -0.489 e. The van der Waals surface area contributed by atoms with Crippen molar-refractivity contribution in [2.45, 2.75) is 12.6 Å². The first-order valence-corrected chi connectivity index (χ1v) is 8.82. The van der Waals surface area contributed by atoms with E-state index in [2.05, 4.69) is 31.5 Å². The van der Waals surface area contributed by atoms with Gasteiger partial charge in [-0.25, -0.2) is 13.6 Å². The van der Waals surface area contributed by atoms with Crippen molar-refractivity contribution in [2.75, 3.05) is 18.5 Å².